The van der Waals surface area contributed by atoms with Gasteiger partial charge >= 0.3 is 40.4 Å². The van der Waals surface area contributed by atoms with E-state index < -0.39 is 36.4 Å². The van der Waals surface area contributed by atoms with Gasteiger partial charge in [0.1, 0.15) is 5.60 Å². The topological polar surface area (TPSA) is 141 Å². The van der Waals surface area contributed by atoms with Gasteiger partial charge in [-0.15, -0.1) is 0 Å². The maximum absolute atomic E-state index is 10.1. The summed E-state index contributed by atoms with van der Waals surface area (Å²) in [6.07, 6.45) is -2.72. The van der Waals surface area contributed by atoms with Gasteiger partial charge in [-0.3, -0.25) is 0 Å². The number of aliphatic carboxylic acids is 3. The molecule has 0 atom stereocenters. The minimum absolute atomic E-state index is 0. The maximum atomic E-state index is 10.1. The minimum atomic E-state index is -2.97. The van der Waals surface area contributed by atoms with Crippen molar-refractivity contribution in [2.24, 2.45) is 0 Å². The van der Waals surface area contributed by atoms with Crippen LogP contribution in [0.1, 0.15) is 12.8 Å². The van der Waals surface area contributed by atoms with Crippen LogP contribution in [0.2, 0.25) is 0 Å². The van der Waals surface area contributed by atoms with Crippen molar-refractivity contribution in [1.82, 2.24) is 0 Å². The van der Waals surface area contributed by atoms with Gasteiger partial charge in [-0.05, 0) is 0 Å². The molecule has 0 aromatic heterocycles. The van der Waals surface area contributed by atoms with Crippen molar-refractivity contribution in [3.63, 3.8) is 0 Å². The minimum Gasteiger partial charge on any atom is -0.550 e. The summed E-state index contributed by atoms with van der Waals surface area (Å²) in [4.78, 5) is 30.0. The van der Waals surface area contributed by atoms with Crippen molar-refractivity contribution in [3.05, 3.63) is 0 Å². The van der Waals surface area contributed by atoms with E-state index in [1.165, 1.54) is 0 Å². The molecule has 0 fully saturated rings. The molecule has 0 aliphatic heterocycles. The van der Waals surface area contributed by atoms with Crippen molar-refractivity contribution in [3.8, 4) is 0 Å². The van der Waals surface area contributed by atoms with E-state index in [4.69, 9.17) is 5.11 Å². The van der Waals surface area contributed by atoms with Crippen molar-refractivity contribution in [2.45, 2.75) is 18.4 Å². The normalized spacial score (nSPS) is 9.40. The number of carboxylic acids is 3. The molecule has 0 rings (SSSR count). The van der Waals surface area contributed by atoms with Gasteiger partial charge in [0.05, 0.1) is 5.97 Å². The zero-order valence-corrected chi connectivity index (χ0v) is 8.04. The molecular formula is C6H7AlMgO7. The van der Waals surface area contributed by atoms with E-state index in [1.54, 1.807) is 0 Å². The molecule has 0 radical (unpaired) electrons. The van der Waals surface area contributed by atoms with Gasteiger partial charge in [0.15, 0.2) is 0 Å². The standard InChI is InChI=1S/C6H8O7.Al.Mg.2H/c7-3(8)1-6(13,5(11)12)2-4(9)10;;;;/h13H,1-2H2,(H,7,8)(H,9,10)(H,11,12);;;;/q;+3;;;/p-3. The molecule has 78 valence electrons. The predicted molar refractivity (Wildman–Crippen MR) is 43.5 cm³/mol. The van der Waals surface area contributed by atoms with Crippen LogP contribution in [0.5, 0.6) is 0 Å². The Labute approximate surface area is 111 Å². The number of hydrogen-bond donors (Lipinski definition) is 1. The first-order valence-corrected chi connectivity index (χ1v) is 3.11. The summed E-state index contributed by atoms with van der Waals surface area (Å²) >= 11 is 0. The SMILES string of the molecule is O=C([O-])CC(O)(CC(=O)[O-])C(=O)[O-].[Al+3].[MgH2]. The molecule has 7 nitrogen and oxygen atoms in total. The average Bonchev–Trinajstić information content (AvgIpc) is 1.82. The van der Waals surface area contributed by atoms with Crippen LogP contribution >= 0.6 is 0 Å². The first-order valence-electron chi connectivity index (χ1n) is 3.11. The van der Waals surface area contributed by atoms with Gasteiger partial charge in [-0.2, -0.15) is 0 Å². The molecular weight excluding hydrogens is 235 g/mol. The molecule has 0 unspecified atom stereocenters. The number of rotatable bonds is 5. The fraction of sp³-hybridized carbons (Fsp3) is 0.500. The quantitative estimate of drug-likeness (QED) is 0.472. The molecule has 0 aromatic carbocycles. The summed E-state index contributed by atoms with van der Waals surface area (Å²) < 4.78 is 0. The number of aliphatic hydroxyl groups is 1. The zero-order valence-electron chi connectivity index (χ0n) is 6.89. The maximum Gasteiger partial charge on any atom is 3.00 e. The smallest absolute Gasteiger partial charge is 0.550 e. The molecule has 0 saturated heterocycles. The monoisotopic (exact) mass is 242 g/mol. The second-order valence-corrected chi connectivity index (χ2v) is 2.42. The molecule has 15 heavy (non-hydrogen) atoms. The van der Waals surface area contributed by atoms with Crippen LogP contribution in [0.15, 0.2) is 0 Å². The Hall–Kier alpha value is -0.331. The molecule has 0 amide bonds. The average molecular weight is 242 g/mol. The zero-order chi connectivity index (χ0) is 10.6. The van der Waals surface area contributed by atoms with Crippen molar-refractivity contribution < 1.29 is 34.8 Å². The Kier molecular flexibility index (Phi) is 10.6. The van der Waals surface area contributed by atoms with E-state index in [-0.39, 0.29) is 40.4 Å². The second kappa shape index (κ2) is 7.90. The first kappa shape index (κ1) is 20.1. The molecule has 1 N–H and O–H groups in total. The molecule has 0 bridgehead atoms. The van der Waals surface area contributed by atoms with Gasteiger partial charge in [-0.1, -0.05) is 0 Å². The first-order chi connectivity index (χ1) is 5.78. The van der Waals surface area contributed by atoms with E-state index in [2.05, 4.69) is 0 Å². The number of hydrogen-bond acceptors (Lipinski definition) is 7. The van der Waals surface area contributed by atoms with Crippen LogP contribution in [0.25, 0.3) is 0 Å². The van der Waals surface area contributed by atoms with E-state index in [0.29, 0.717) is 0 Å². The van der Waals surface area contributed by atoms with Gasteiger partial charge in [0.25, 0.3) is 0 Å². The van der Waals surface area contributed by atoms with E-state index in [0.717, 1.165) is 0 Å². The summed E-state index contributed by atoms with van der Waals surface area (Å²) in [5.74, 6) is -5.98. The van der Waals surface area contributed by atoms with E-state index >= 15 is 0 Å². The molecule has 0 aliphatic carbocycles. The number of carbonyl (C=O) groups excluding carboxylic acids is 3. The number of carboxylic acid groups (broad SMARTS) is 3. The van der Waals surface area contributed by atoms with E-state index in [9.17, 15) is 29.7 Å². The molecule has 9 heteroatoms. The molecule has 0 spiro atoms. The molecule has 0 aliphatic rings. The van der Waals surface area contributed by atoms with Gasteiger partial charge in [0, 0.05) is 24.8 Å². The van der Waals surface area contributed by atoms with Gasteiger partial charge < -0.3 is 34.8 Å². The van der Waals surface area contributed by atoms with Crippen LogP contribution < -0.4 is 15.3 Å². The van der Waals surface area contributed by atoms with Crippen LogP contribution in [0, 0.1) is 0 Å². The largest absolute Gasteiger partial charge is 3.00 e. The third-order valence-electron chi connectivity index (χ3n) is 1.25. The fourth-order valence-electron chi connectivity index (χ4n) is 0.684. The van der Waals surface area contributed by atoms with Crippen molar-refractivity contribution >= 4 is 58.3 Å². The van der Waals surface area contributed by atoms with Crippen molar-refractivity contribution in [2.75, 3.05) is 0 Å². The predicted octanol–water partition coefficient (Wildman–Crippen LogP) is -6.55. The second-order valence-electron chi connectivity index (χ2n) is 2.42. The van der Waals surface area contributed by atoms with Crippen LogP contribution in [-0.2, 0) is 14.4 Å². The van der Waals surface area contributed by atoms with Gasteiger partial charge in [0.2, 0.25) is 0 Å². The van der Waals surface area contributed by atoms with Gasteiger partial charge in [-0.25, -0.2) is 0 Å². The molecule has 0 heterocycles. The summed E-state index contributed by atoms with van der Waals surface area (Å²) in [5, 5.41) is 38.9. The molecule has 0 aromatic rings. The fourth-order valence-corrected chi connectivity index (χ4v) is 0.684. The van der Waals surface area contributed by atoms with Crippen LogP contribution in [0.3, 0.4) is 0 Å². The van der Waals surface area contributed by atoms with E-state index in [1.807, 2.05) is 0 Å². The third-order valence-corrected chi connectivity index (χ3v) is 1.25. The summed E-state index contributed by atoms with van der Waals surface area (Å²) in [6, 6.07) is 0. The summed E-state index contributed by atoms with van der Waals surface area (Å²) in [5.41, 5.74) is -2.97. The molecule has 0 saturated carbocycles. The Balaban J connectivity index is -0.000000720. The Bertz CT molecular complexity index is 238. The number of carbonyl (C=O) groups is 3. The van der Waals surface area contributed by atoms with Crippen LogP contribution in [0.4, 0.5) is 0 Å². The van der Waals surface area contributed by atoms with Crippen molar-refractivity contribution in [1.29, 1.82) is 0 Å². The Morgan fingerprint density at radius 2 is 1.27 bits per heavy atom. The third kappa shape index (κ3) is 7.58. The summed E-state index contributed by atoms with van der Waals surface area (Å²) in [6.45, 7) is 0. The van der Waals surface area contributed by atoms with Crippen LogP contribution in [-0.4, -0.2) is 69.0 Å². The Morgan fingerprint density at radius 1 is 1.00 bits per heavy atom. The summed E-state index contributed by atoms with van der Waals surface area (Å²) in [7, 11) is 0. The Morgan fingerprint density at radius 3 is 1.40 bits per heavy atom.